The summed E-state index contributed by atoms with van der Waals surface area (Å²) < 4.78 is 25.6. The molecule has 1 aliphatic rings. The van der Waals surface area contributed by atoms with Crippen LogP contribution in [-0.4, -0.2) is 30.7 Å². The summed E-state index contributed by atoms with van der Waals surface area (Å²) in [5, 5.41) is 10.6. The van der Waals surface area contributed by atoms with Crippen molar-refractivity contribution in [2.75, 3.05) is 12.8 Å². The van der Waals surface area contributed by atoms with Crippen LogP contribution < -0.4 is 5.73 Å². The van der Waals surface area contributed by atoms with Gasteiger partial charge in [0.05, 0.1) is 4.92 Å². The number of sulfonamides is 1. The summed E-state index contributed by atoms with van der Waals surface area (Å²) in [7, 11) is -2.17. The lowest BCUT2D eigenvalue weighted by atomic mass is 9.94. The molecule has 2 N–H and O–H groups in total. The van der Waals surface area contributed by atoms with Gasteiger partial charge in [0.2, 0.25) is 0 Å². The van der Waals surface area contributed by atoms with Gasteiger partial charge < -0.3 is 5.73 Å². The second kappa shape index (κ2) is 4.48. The average Bonchev–Trinajstić information content (AvgIpc) is 2.58. The topological polar surface area (TPSA) is 107 Å². The van der Waals surface area contributed by atoms with Crippen molar-refractivity contribution in [3.05, 3.63) is 16.2 Å². The average molecular weight is 291 g/mol. The molecule has 0 spiro atoms. The maximum Gasteiger partial charge on any atom is 0.304 e. The van der Waals surface area contributed by atoms with Gasteiger partial charge in [-0.2, -0.15) is 4.31 Å². The van der Waals surface area contributed by atoms with Gasteiger partial charge in [0.15, 0.2) is 5.00 Å². The quantitative estimate of drug-likeness (QED) is 0.666. The highest BCUT2D eigenvalue weighted by Crippen LogP contribution is 2.37. The largest absolute Gasteiger partial charge is 0.385 e. The zero-order chi connectivity index (χ0) is 13.5. The Bertz CT molecular complexity index is 577. The molecule has 1 aromatic rings. The number of hydrogen-bond donors (Lipinski definition) is 1. The van der Waals surface area contributed by atoms with Gasteiger partial charge in [0.1, 0.15) is 4.21 Å². The van der Waals surface area contributed by atoms with Gasteiger partial charge in [-0.15, -0.1) is 0 Å². The van der Waals surface area contributed by atoms with Gasteiger partial charge in [0, 0.05) is 19.2 Å². The summed E-state index contributed by atoms with van der Waals surface area (Å²) >= 11 is 0.736. The first-order chi connectivity index (χ1) is 8.34. The molecule has 7 nitrogen and oxygen atoms in total. The third kappa shape index (κ3) is 2.08. The van der Waals surface area contributed by atoms with E-state index < -0.39 is 14.9 Å². The van der Waals surface area contributed by atoms with Crippen LogP contribution in [0, 0.1) is 10.1 Å². The molecule has 0 unspecified atom stereocenters. The van der Waals surface area contributed by atoms with E-state index in [0.29, 0.717) is 0 Å². The molecule has 100 valence electrons. The van der Waals surface area contributed by atoms with Gasteiger partial charge >= 0.3 is 5.69 Å². The number of thiophene rings is 1. The third-order valence-corrected chi connectivity index (χ3v) is 6.45. The molecule has 0 saturated heterocycles. The van der Waals surface area contributed by atoms with Gasteiger partial charge in [0.25, 0.3) is 10.0 Å². The number of anilines is 1. The normalized spacial score (nSPS) is 16.8. The first-order valence-corrected chi connectivity index (χ1v) is 7.61. The van der Waals surface area contributed by atoms with E-state index in [-0.39, 0.29) is 20.9 Å². The molecule has 0 amide bonds. The molecule has 1 aromatic heterocycles. The summed E-state index contributed by atoms with van der Waals surface area (Å²) in [5.41, 5.74) is 5.11. The van der Waals surface area contributed by atoms with Gasteiger partial charge in [-0.1, -0.05) is 17.8 Å². The summed E-state index contributed by atoms with van der Waals surface area (Å²) in [6.07, 6.45) is 2.68. The summed E-state index contributed by atoms with van der Waals surface area (Å²) in [6, 6.07) is 1.03. The van der Waals surface area contributed by atoms with E-state index in [2.05, 4.69) is 0 Å². The molecular weight excluding hydrogens is 278 g/mol. The smallest absolute Gasteiger partial charge is 0.304 e. The number of nitrogens with two attached hydrogens (primary N) is 1. The van der Waals surface area contributed by atoms with Crippen LogP contribution in [0.5, 0.6) is 0 Å². The fourth-order valence-corrected chi connectivity index (χ4v) is 4.55. The fraction of sp³-hybridized carbons (Fsp3) is 0.556. The standard InChI is InChI=1S/C9H13N3O4S2/c1-11(6-3-2-4-6)18(15,16)8-5-7(12(13)14)9(10)17-8/h5-6H,2-4,10H2,1H3. The van der Waals surface area contributed by atoms with Crippen molar-refractivity contribution in [3.63, 3.8) is 0 Å². The number of rotatable bonds is 4. The van der Waals surface area contributed by atoms with Crippen molar-refractivity contribution < 1.29 is 13.3 Å². The molecule has 2 rings (SSSR count). The lowest BCUT2D eigenvalue weighted by Crippen LogP contribution is -2.40. The van der Waals surface area contributed by atoms with Crippen LogP contribution in [0.25, 0.3) is 0 Å². The third-order valence-electron chi connectivity index (χ3n) is 3.14. The minimum atomic E-state index is -3.67. The molecular formula is C9H13N3O4S2. The van der Waals surface area contributed by atoms with Crippen LogP contribution in [0.1, 0.15) is 19.3 Å². The van der Waals surface area contributed by atoms with Crippen molar-refractivity contribution in [2.24, 2.45) is 0 Å². The van der Waals surface area contributed by atoms with Crippen LogP contribution in [0.3, 0.4) is 0 Å². The Morgan fingerprint density at radius 1 is 1.56 bits per heavy atom. The van der Waals surface area contributed by atoms with Gasteiger partial charge in [-0.05, 0) is 12.8 Å². The lowest BCUT2D eigenvalue weighted by molar-refractivity contribution is -0.383. The fourth-order valence-electron chi connectivity index (χ4n) is 1.73. The van der Waals surface area contributed by atoms with E-state index in [1.807, 2.05) is 0 Å². The summed E-state index contributed by atoms with van der Waals surface area (Å²) in [5.74, 6) is 0. The summed E-state index contributed by atoms with van der Waals surface area (Å²) in [4.78, 5) is 9.98. The Morgan fingerprint density at radius 3 is 2.56 bits per heavy atom. The van der Waals surface area contributed by atoms with E-state index in [9.17, 15) is 18.5 Å². The Balaban J connectivity index is 2.35. The van der Waals surface area contributed by atoms with E-state index in [0.717, 1.165) is 36.7 Å². The number of hydrogen-bond acceptors (Lipinski definition) is 6. The molecule has 0 bridgehead atoms. The van der Waals surface area contributed by atoms with E-state index in [4.69, 9.17) is 5.73 Å². The highest BCUT2D eigenvalue weighted by atomic mass is 32.2. The van der Waals surface area contributed by atoms with Crippen LogP contribution in [-0.2, 0) is 10.0 Å². The first-order valence-electron chi connectivity index (χ1n) is 5.35. The van der Waals surface area contributed by atoms with Crippen molar-refractivity contribution in [1.29, 1.82) is 0 Å². The Labute approximate surface area is 108 Å². The molecule has 1 saturated carbocycles. The molecule has 18 heavy (non-hydrogen) atoms. The molecule has 1 heterocycles. The highest BCUT2D eigenvalue weighted by Gasteiger charge is 2.34. The SMILES string of the molecule is CN(C1CCC1)S(=O)(=O)c1cc([N+](=O)[O-])c(N)s1. The highest BCUT2D eigenvalue weighted by molar-refractivity contribution is 7.91. The predicted octanol–water partition coefficient (Wildman–Crippen LogP) is 1.41. The Morgan fingerprint density at radius 2 is 2.17 bits per heavy atom. The number of nitrogens with zero attached hydrogens (tertiary/aromatic N) is 2. The molecule has 1 aliphatic carbocycles. The Kier molecular flexibility index (Phi) is 3.30. The maximum absolute atomic E-state index is 12.2. The number of nitro groups is 1. The first kappa shape index (κ1) is 13.2. The summed E-state index contributed by atoms with van der Waals surface area (Å²) in [6.45, 7) is 0. The zero-order valence-electron chi connectivity index (χ0n) is 9.70. The minimum Gasteiger partial charge on any atom is -0.385 e. The van der Waals surface area contributed by atoms with Crippen LogP contribution in [0.4, 0.5) is 10.7 Å². The van der Waals surface area contributed by atoms with E-state index in [1.165, 1.54) is 11.4 Å². The second-order valence-electron chi connectivity index (χ2n) is 4.18. The molecule has 0 radical (unpaired) electrons. The van der Waals surface area contributed by atoms with Crippen LogP contribution >= 0.6 is 11.3 Å². The zero-order valence-corrected chi connectivity index (χ0v) is 11.3. The minimum absolute atomic E-state index is 0.00243. The van der Waals surface area contributed by atoms with Crippen molar-refractivity contribution >= 4 is 32.0 Å². The Hall–Kier alpha value is -1.19. The van der Waals surface area contributed by atoms with Crippen molar-refractivity contribution in [1.82, 2.24) is 4.31 Å². The van der Waals surface area contributed by atoms with Crippen LogP contribution in [0.2, 0.25) is 0 Å². The lowest BCUT2D eigenvalue weighted by Gasteiger charge is -2.33. The van der Waals surface area contributed by atoms with Crippen LogP contribution in [0.15, 0.2) is 10.3 Å². The molecule has 1 fully saturated rings. The van der Waals surface area contributed by atoms with Gasteiger partial charge in [-0.3, -0.25) is 10.1 Å². The van der Waals surface area contributed by atoms with Crippen molar-refractivity contribution in [3.8, 4) is 0 Å². The van der Waals surface area contributed by atoms with Gasteiger partial charge in [-0.25, -0.2) is 8.42 Å². The number of nitrogen functional groups attached to an aromatic ring is 1. The molecule has 0 aliphatic heterocycles. The van der Waals surface area contributed by atoms with E-state index in [1.54, 1.807) is 0 Å². The monoisotopic (exact) mass is 291 g/mol. The maximum atomic E-state index is 12.2. The molecule has 0 aromatic carbocycles. The molecule has 0 atom stereocenters. The second-order valence-corrected chi connectivity index (χ2v) is 7.49. The molecule has 9 heteroatoms. The predicted molar refractivity (Wildman–Crippen MR) is 68.0 cm³/mol. The van der Waals surface area contributed by atoms with E-state index >= 15 is 0 Å². The van der Waals surface area contributed by atoms with Crippen molar-refractivity contribution in [2.45, 2.75) is 29.5 Å².